The summed E-state index contributed by atoms with van der Waals surface area (Å²) in [4.78, 5) is 4.94. The van der Waals surface area contributed by atoms with Crippen LogP contribution in [0.15, 0.2) is 59.8 Å². The molecule has 1 fully saturated rings. The zero-order valence-electron chi connectivity index (χ0n) is 15.0. The molecule has 136 valence electrons. The quantitative estimate of drug-likeness (QED) is 0.708. The number of piperidine rings is 1. The molecule has 1 aromatic carbocycles. The van der Waals surface area contributed by atoms with E-state index < -0.39 is 10.0 Å². The van der Waals surface area contributed by atoms with Crippen molar-refractivity contribution in [2.45, 2.75) is 25.2 Å². The molecule has 5 nitrogen and oxygen atoms in total. The highest BCUT2D eigenvalue weighted by molar-refractivity contribution is 7.89. The zero-order chi connectivity index (χ0) is 18.3. The summed E-state index contributed by atoms with van der Waals surface area (Å²) >= 11 is 0. The lowest BCUT2D eigenvalue weighted by atomic mass is 9.94. The van der Waals surface area contributed by atoms with Crippen LogP contribution in [0.3, 0.4) is 0 Å². The molecule has 2 atom stereocenters. The first-order valence-corrected chi connectivity index (χ1v) is 10.4. The first kappa shape index (κ1) is 17.2. The van der Waals surface area contributed by atoms with E-state index in [1.54, 1.807) is 22.5 Å². The molecule has 0 saturated carbocycles. The SMILES string of the molecule is C[C@@H]1C[C@H](C)CN(S(=O)(=O)c2cccc(-c3cn4ccccc4n3)c2)C1. The van der Waals surface area contributed by atoms with Gasteiger partial charge in [0.1, 0.15) is 5.65 Å². The van der Waals surface area contributed by atoms with Gasteiger partial charge in [0.2, 0.25) is 10.0 Å². The number of fused-ring (bicyclic) bond motifs is 1. The molecule has 1 aliphatic heterocycles. The Hall–Kier alpha value is -2.18. The molecule has 4 rings (SSSR count). The highest BCUT2D eigenvalue weighted by Gasteiger charge is 2.31. The number of rotatable bonds is 3. The number of hydrogen-bond donors (Lipinski definition) is 0. The predicted octanol–water partition coefficient (Wildman–Crippen LogP) is 3.67. The van der Waals surface area contributed by atoms with E-state index in [0.717, 1.165) is 23.3 Å². The van der Waals surface area contributed by atoms with Crippen molar-refractivity contribution in [1.82, 2.24) is 13.7 Å². The predicted molar refractivity (Wildman–Crippen MR) is 102 cm³/mol. The summed E-state index contributed by atoms with van der Waals surface area (Å²) in [5, 5.41) is 0. The van der Waals surface area contributed by atoms with Crippen LogP contribution in [0, 0.1) is 11.8 Å². The largest absolute Gasteiger partial charge is 0.306 e. The Morgan fingerprint density at radius 2 is 1.81 bits per heavy atom. The number of aromatic nitrogens is 2. The maximum absolute atomic E-state index is 13.1. The third-order valence-electron chi connectivity index (χ3n) is 4.97. The van der Waals surface area contributed by atoms with E-state index in [1.165, 1.54) is 0 Å². The maximum atomic E-state index is 13.1. The molecule has 0 amide bonds. The average molecular weight is 369 g/mol. The summed E-state index contributed by atoms with van der Waals surface area (Å²) < 4.78 is 29.8. The van der Waals surface area contributed by atoms with E-state index >= 15 is 0 Å². The lowest BCUT2D eigenvalue weighted by molar-refractivity contribution is 0.222. The van der Waals surface area contributed by atoms with E-state index in [2.05, 4.69) is 18.8 Å². The van der Waals surface area contributed by atoms with Crippen LogP contribution in [0.2, 0.25) is 0 Å². The molecule has 2 aromatic heterocycles. The molecule has 0 unspecified atom stereocenters. The fourth-order valence-electron chi connectivity index (χ4n) is 3.84. The first-order valence-electron chi connectivity index (χ1n) is 8.98. The number of imidazole rings is 1. The van der Waals surface area contributed by atoms with Crippen LogP contribution in [-0.2, 0) is 10.0 Å². The molecule has 3 aromatic rings. The van der Waals surface area contributed by atoms with Crippen molar-refractivity contribution in [3.8, 4) is 11.3 Å². The molecule has 26 heavy (non-hydrogen) atoms. The van der Waals surface area contributed by atoms with Gasteiger partial charge in [-0.05, 0) is 42.5 Å². The minimum absolute atomic E-state index is 0.341. The van der Waals surface area contributed by atoms with Crippen LogP contribution in [0.25, 0.3) is 16.9 Å². The van der Waals surface area contributed by atoms with Gasteiger partial charge < -0.3 is 4.40 Å². The van der Waals surface area contributed by atoms with Crippen LogP contribution >= 0.6 is 0 Å². The van der Waals surface area contributed by atoms with Crippen LogP contribution in [0.4, 0.5) is 0 Å². The molecule has 1 aliphatic rings. The van der Waals surface area contributed by atoms with Crippen molar-refractivity contribution in [1.29, 1.82) is 0 Å². The lowest BCUT2D eigenvalue weighted by Crippen LogP contribution is -2.42. The molecule has 0 radical (unpaired) electrons. The van der Waals surface area contributed by atoms with Crippen molar-refractivity contribution in [3.05, 3.63) is 54.9 Å². The molecule has 0 aliphatic carbocycles. The number of sulfonamides is 1. The fourth-order valence-corrected chi connectivity index (χ4v) is 5.57. The van der Waals surface area contributed by atoms with Gasteiger partial charge in [0.15, 0.2) is 0 Å². The van der Waals surface area contributed by atoms with E-state index in [1.807, 2.05) is 41.1 Å². The number of nitrogens with zero attached hydrogens (tertiary/aromatic N) is 3. The Labute approximate surface area is 154 Å². The summed E-state index contributed by atoms with van der Waals surface area (Å²) in [6.07, 6.45) is 4.93. The first-order chi connectivity index (χ1) is 12.4. The smallest absolute Gasteiger partial charge is 0.243 e. The second kappa shape index (κ2) is 6.52. The zero-order valence-corrected chi connectivity index (χ0v) is 15.9. The van der Waals surface area contributed by atoms with Crippen molar-refractivity contribution in [2.75, 3.05) is 13.1 Å². The third kappa shape index (κ3) is 3.15. The van der Waals surface area contributed by atoms with Crippen molar-refractivity contribution in [3.63, 3.8) is 0 Å². The Bertz CT molecular complexity index is 999. The lowest BCUT2D eigenvalue weighted by Gasteiger charge is -2.34. The van der Waals surface area contributed by atoms with Crippen molar-refractivity contribution < 1.29 is 8.42 Å². The van der Waals surface area contributed by atoms with Gasteiger partial charge in [0, 0.05) is 31.0 Å². The monoisotopic (exact) mass is 369 g/mol. The third-order valence-corrected chi connectivity index (χ3v) is 6.79. The highest BCUT2D eigenvalue weighted by atomic mass is 32.2. The summed E-state index contributed by atoms with van der Waals surface area (Å²) in [5.74, 6) is 0.769. The van der Waals surface area contributed by atoms with Crippen LogP contribution in [0.1, 0.15) is 20.3 Å². The Morgan fingerprint density at radius 3 is 2.54 bits per heavy atom. The molecule has 0 N–H and O–H groups in total. The van der Waals surface area contributed by atoms with Gasteiger partial charge in [-0.3, -0.25) is 0 Å². The van der Waals surface area contributed by atoms with Crippen molar-refractivity contribution >= 4 is 15.7 Å². The van der Waals surface area contributed by atoms with E-state index in [0.29, 0.717) is 29.8 Å². The molecule has 0 bridgehead atoms. The Balaban J connectivity index is 1.70. The molecule has 0 spiro atoms. The van der Waals surface area contributed by atoms with Gasteiger partial charge >= 0.3 is 0 Å². The normalized spacial score (nSPS) is 21.9. The minimum atomic E-state index is -3.49. The number of pyridine rings is 1. The van der Waals surface area contributed by atoms with Gasteiger partial charge in [0.25, 0.3) is 0 Å². The van der Waals surface area contributed by atoms with Gasteiger partial charge in [-0.15, -0.1) is 0 Å². The molecule has 3 heterocycles. The van der Waals surface area contributed by atoms with E-state index in [4.69, 9.17) is 0 Å². The van der Waals surface area contributed by atoms with E-state index in [-0.39, 0.29) is 0 Å². The minimum Gasteiger partial charge on any atom is -0.306 e. The topological polar surface area (TPSA) is 54.7 Å². The molecule has 6 heteroatoms. The summed E-state index contributed by atoms with van der Waals surface area (Å²) in [7, 11) is -3.49. The Morgan fingerprint density at radius 1 is 1.04 bits per heavy atom. The number of hydrogen-bond acceptors (Lipinski definition) is 3. The van der Waals surface area contributed by atoms with E-state index in [9.17, 15) is 8.42 Å². The second-order valence-corrected chi connectivity index (χ2v) is 9.33. The van der Waals surface area contributed by atoms with Gasteiger partial charge in [0.05, 0.1) is 10.6 Å². The van der Waals surface area contributed by atoms with Crippen LogP contribution in [-0.4, -0.2) is 35.2 Å². The number of benzene rings is 1. The molecular formula is C20H23N3O2S. The van der Waals surface area contributed by atoms with Gasteiger partial charge in [-0.1, -0.05) is 32.0 Å². The summed E-state index contributed by atoms with van der Waals surface area (Å²) in [6, 6.07) is 12.9. The highest BCUT2D eigenvalue weighted by Crippen LogP contribution is 2.29. The Kier molecular flexibility index (Phi) is 4.32. The molecule has 1 saturated heterocycles. The fraction of sp³-hybridized carbons (Fsp3) is 0.350. The van der Waals surface area contributed by atoms with Gasteiger partial charge in [-0.2, -0.15) is 4.31 Å². The van der Waals surface area contributed by atoms with Gasteiger partial charge in [-0.25, -0.2) is 13.4 Å². The summed E-state index contributed by atoms with van der Waals surface area (Å²) in [5.41, 5.74) is 2.43. The van der Waals surface area contributed by atoms with Crippen molar-refractivity contribution in [2.24, 2.45) is 11.8 Å². The standard InChI is InChI=1S/C20H23N3O2S/c1-15-10-16(2)13-23(12-15)26(24,25)18-7-5-6-17(11-18)19-14-22-9-4-3-8-20(22)21-19/h3-9,11,14-16H,10,12-13H2,1-2H3/t15-,16+. The molecular weight excluding hydrogens is 346 g/mol. The van der Waals surface area contributed by atoms with Crippen LogP contribution < -0.4 is 0 Å². The average Bonchev–Trinajstić information content (AvgIpc) is 3.05. The second-order valence-electron chi connectivity index (χ2n) is 7.39. The van der Waals surface area contributed by atoms with Crippen LogP contribution in [0.5, 0.6) is 0 Å². The summed E-state index contributed by atoms with van der Waals surface area (Å²) in [6.45, 7) is 5.41. The maximum Gasteiger partial charge on any atom is 0.243 e.